The van der Waals surface area contributed by atoms with E-state index in [0.717, 1.165) is 0 Å². The van der Waals surface area contributed by atoms with Crippen molar-refractivity contribution in [3.05, 3.63) is 12.2 Å². The lowest BCUT2D eigenvalue weighted by molar-refractivity contribution is 0.0925. The Hall–Kier alpha value is -1.19. The normalized spacial score (nSPS) is 11.7. The van der Waals surface area contributed by atoms with Crippen LogP contribution < -0.4 is 0 Å². The highest BCUT2D eigenvalue weighted by molar-refractivity contribution is 5.92. The van der Waals surface area contributed by atoms with Crippen LogP contribution in [0, 0.1) is 5.41 Å². The summed E-state index contributed by atoms with van der Waals surface area (Å²) in [6.45, 7) is 6.09. The van der Waals surface area contributed by atoms with Crippen molar-refractivity contribution in [2.45, 2.75) is 27.2 Å². The van der Waals surface area contributed by atoms with Gasteiger partial charge >= 0.3 is 0 Å². The number of hydrogen-bond acceptors (Lipinski definition) is 3. The van der Waals surface area contributed by atoms with Gasteiger partial charge in [-0.1, -0.05) is 20.8 Å². The lowest BCUT2D eigenvalue weighted by Crippen LogP contribution is -2.16. The van der Waals surface area contributed by atoms with Gasteiger partial charge in [-0.2, -0.15) is 5.10 Å². The molecule has 0 saturated heterocycles. The predicted octanol–water partition coefficient (Wildman–Crippen LogP) is 1.43. The zero-order valence-electron chi connectivity index (χ0n) is 8.53. The van der Waals surface area contributed by atoms with Crippen LogP contribution in [0.1, 0.15) is 37.8 Å². The van der Waals surface area contributed by atoms with Crippen molar-refractivity contribution < 1.29 is 4.79 Å². The molecule has 0 aliphatic carbocycles. The van der Waals surface area contributed by atoms with Gasteiger partial charge in [-0.05, 0) is 5.41 Å². The molecule has 13 heavy (non-hydrogen) atoms. The molecule has 0 aliphatic rings. The van der Waals surface area contributed by atoms with E-state index in [9.17, 15) is 4.79 Å². The summed E-state index contributed by atoms with van der Waals surface area (Å²) in [6.07, 6.45) is 1.90. The zero-order chi connectivity index (χ0) is 10.1. The molecule has 0 bridgehead atoms. The second-order valence-electron chi connectivity index (χ2n) is 4.37. The topological polar surface area (TPSA) is 47.8 Å². The summed E-state index contributed by atoms with van der Waals surface area (Å²) in [7, 11) is 1.73. The van der Waals surface area contributed by atoms with Gasteiger partial charge in [-0.15, -0.1) is 0 Å². The van der Waals surface area contributed by atoms with Crippen molar-refractivity contribution in [1.29, 1.82) is 0 Å². The van der Waals surface area contributed by atoms with Gasteiger partial charge in [-0.25, -0.2) is 9.67 Å². The van der Waals surface area contributed by atoms with Crippen LogP contribution in [-0.4, -0.2) is 20.5 Å². The van der Waals surface area contributed by atoms with Crippen LogP contribution in [0.5, 0.6) is 0 Å². The first-order valence-corrected chi connectivity index (χ1v) is 4.27. The van der Waals surface area contributed by atoms with Crippen LogP contribution >= 0.6 is 0 Å². The molecule has 72 valence electrons. The fourth-order valence-electron chi connectivity index (χ4n) is 1.11. The molecule has 0 saturated carbocycles. The molecule has 0 N–H and O–H groups in total. The number of rotatable bonds is 2. The van der Waals surface area contributed by atoms with Gasteiger partial charge in [0.2, 0.25) is 0 Å². The van der Waals surface area contributed by atoms with Crippen molar-refractivity contribution >= 4 is 5.78 Å². The van der Waals surface area contributed by atoms with E-state index in [0.29, 0.717) is 12.2 Å². The molecule has 0 spiro atoms. The molecule has 0 fully saturated rings. The number of nitrogens with zero attached hydrogens (tertiary/aromatic N) is 3. The standard InChI is InChI=1S/C9H15N3O/c1-9(2,3)5-7(13)8-10-6-11-12(8)4/h6H,5H2,1-4H3. The number of Topliss-reactive ketones (excluding diaryl/α,β-unsaturated/α-hetero) is 1. The average molecular weight is 181 g/mol. The Morgan fingerprint density at radius 3 is 2.54 bits per heavy atom. The first kappa shape index (κ1) is 9.89. The van der Waals surface area contributed by atoms with Crippen molar-refractivity contribution in [2.24, 2.45) is 12.5 Å². The maximum atomic E-state index is 11.6. The molecule has 0 atom stereocenters. The molecule has 1 aromatic rings. The minimum atomic E-state index is 0.00301. The van der Waals surface area contributed by atoms with Crippen molar-refractivity contribution in [2.75, 3.05) is 0 Å². The monoisotopic (exact) mass is 181 g/mol. The van der Waals surface area contributed by atoms with Gasteiger partial charge in [0, 0.05) is 13.5 Å². The second kappa shape index (κ2) is 3.28. The van der Waals surface area contributed by atoms with E-state index in [1.54, 1.807) is 7.05 Å². The van der Waals surface area contributed by atoms with E-state index in [1.807, 2.05) is 20.8 Å². The highest BCUT2D eigenvalue weighted by Gasteiger charge is 2.20. The van der Waals surface area contributed by atoms with Crippen LogP contribution in [0.3, 0.4) is 0 Å². The summed E-state index contributed by atoms with van der Waals surface area (Å²) in [6, 6.07) is 0. The number of carbonyl (C=O) groups is 1. The van der Waals surface area contributed by atoms with E-state index in [2.05, 4.69) is 10.1 Å². The summed E-state index contributed by atoms with van der Waals surface area (Å²) in [5.74, 6) is 0.488. The summed E-state index contributed by atoms with van der Waals surface area (Å²) >= 11 is 0. The molecule has 0 amide bonds. The summed E-state index contributed by atoms with van der Waals surface area (Å²) < 4.78 is 1.51. The maximum absolute atomic E-state index is 11.6. The van der Waals surface area contributed by atoms with Crippen molar-refractivity contribution in [3.63, 3.8) is 0 Å². The first-order chi connectivity index (χ1) is 5.90. The van der Waals surface area contributed by atoms with Gasteiger partial charge in [0.25, 0.3) is 0 Å². The predicted molar refractivity (Wildman–Crippen MR) is 49.4 cm³/mol. The average Bonchev–Trinajstić information content (AvgIpc) is 2.30. The van der Waals surface area contributed by atoms with E-state index < -0.39 is 0 Å². The molecule has 0 aromatic carbocycles. The smallest absolute Gasteiger partial charge is 0.200 e. The number of aryl methyl sites for hydroxylation is 1. The molecule has 0 aliphatic heterocycles. The number of ketones is 1. The molecule has 1 heterocycles. The molecule has 0 radical (unpaired) electrons. The molecule has 4 heteroatoms. The Labute approximate surface area is 78.0 Å². The Morgan fingerprint density at radius 1 is 1.54 bits per heavy atom. The largest absolute Gasteiger partial charge is 0.291 e. The van der Waals surface area contributed by atoms with E-state index in [-0.39, 0.29) is 11.2 Å². The minimum absolute atomic E-state index is 0.00301. The molecule has 1 rings (SSSR count). The van der Waals surface area contributed by atoms with E-state index in [4.69, 9.17) is 0 Å². The van der Waals surface area contributed by atoms with Crippen LogP contribution in [-0.2, 0) is 7.05 Å². The number of aromatic nitrogens is 3. The molecule has 4 nitrogen and oxygen atoms in total. The maximum Gasteiger partial charge on any atom is 0.200 e. The SMILES string of the molecule is Cn1ncnc1C(=O)CC(C)(C)C. The molecule has 1 aromatic heterocycles. The van der Waals surface area contributed by atoms with Crippen LogP contribution in [0.4, 0.5) is 0 Å². The van der Waals surface area contributed by atoms with E-state index in [1.165, 1.54) is 11.0 Å². The number of hydrogen-bond donors (Lipinski definition) is 0. The molecular weight excluding hydrogens is 166 g/mol. The van der Waals surface area contributed by atoms with Gasteiger partial charge in [0.1, 0.15) is 6.33 Å². The highest BCUT2D eigenvalue weighted by Crippen LogP contribution is 2.20. The Balaban J connectivity index is 2.76. The lowest BCUT2D eigenvalue weighted by atomic mass is 9.90. The van der Waals surface area contributed by atoms with Gasteiger partial charge in [0.05, 0.1) is 0 Å². The van der Waals surface area contributed by atoms with Crippen LogP contribution in [0.25, 0.3) is 0 Å². The molecule has 0 unspecified atom stereocenters. The van der Waals surface area contributed by atoms with E-state index >= 15 is 0 Å². The van der Waals surface area contributed by atoms with Crippen LogP contribution in [0.15, 0.2) is 6.33 Å². The quantitative estimate of drug-likeness (QED) is 0.648. The Morgan fingerprint density at radius 2 is 2.15 bits per heavy atom. The zero-order valence-corrected chi connectivity index (χ0v) is 8.53. The summed E-state index contributed by atoms with van der Waals surface area (Å²) in [4.78, 5) is 15.5. The van der Waals surface area contributed by atoms with Crippen LogP contribution in [0.2, 0.25) is 0 Å². The van der Waals surface area contributed by atoms with Gasteiger partial charge < -0.3 is 0 Å². The Bertz CT molecular complexity index is 309. The third-order valence-electron chi connectivity index (χ3n) is 1.65. The lowest BCUT2D eigenvalue weighted by Gasteiger charge is -2.15. The van der Waals surface area contributed by atoms with Gasteiger partial charge in [0.15, 0.2) is 11.6 Å². The third-order valence-corrected chi connectivity index (χ3v) is 1.65. The van der Waals surface area contributed by atoms with Crippen molar-refractivity contribution in [1.82, 2.24) is 14.8 Å². The summed E-state index contributed by atoms with van der Waals surface area (Å²) in [5, 5.41) is 3.85. The molecular formula is C9H15N3O. The Kier molecular flexibility index (Phi) is 2.50. The number of carbonyl (C=O) groups excluding carboxylic acids is 1. The fourth-order valence-corrected chi connectivity index (χ4v) is 1.11. The third kappa shape index (κ3) is 2.65. The van der Waals surface area contributed by atoms with Crippen molar-refractivity contribution in [3.8, 4) is 0 Å². The highest BCUT2D eigenvalue weighted by atomic mass is 16.1. The first-order valence-electron chi connectivity index (χ1n) is 4.27. The fraction of sp³-hybridized carbons (Fsp3) is 0.667. The van der Waals surface area contributed by atoms with Gasteiger partial charge in [-0.3, -0.25) is 4.79 Å². The second-order valence-corrected chi connectivity index (χ2v) is 4.37. The minimum Gasteiger partial charge on any atom is -0.291 e. The summed E-state index contributed by atoms with van der Waals surface area (Å²) in [5.41, 5.74) is 0.00301.